The zero-order valence-electron chi connectivity index (χ0n) is 9.34. The number of sulfone groups is 1. The fourth-order valence-corrected chi connectivity index (χ4v) is 5.04. The molecular formula is C11H11ClN2O2S2. The van der Waals surface area contributed by atoms with Crippen molar-refractivity contribution in [2.75, 3.05) is 16.4 Å². The van der Waals surface area contributed by atoms with Gasteiger partial charge in [-0.2, -0.15) is 0 Å². The maximum absolute atomic E-state index is 11.7. The summed E-state index contributed by atoms with van der Waals surface area (Å²) in [5.41, 5.74) is 0.765. The number of anilines is 1. The number of nitrogens with one attached hydrogen (secondary N) is 1. The zero-order valence-corrected chi connectivity index (χ0v) is 11.7. The molecule has 0 amide bonds. The molecule has 2 aliphatic heterocycles. The molecule has 2 atom stereocenters. The molecule has 0 bridgehead atoms. The third-order valence-electron chi connectivity index (χ3n) is 3.29. The summed E-state index contributed by atoms with van der Waals surface area (Å²) in [7, 11) is -2.99. The van der Waals surface area contributed by atoms with Gasteiger partial charge in [-0.1, -0.05) is 23.7 Å². The highest BCUT2D eigenvalue weighted by Crippen LogP contribution is 2.33. The Balaban J connectivity index is 2.02. The molecule has 0 radical (unpaired) electrons. The second-order valence-electron chi connectivity index (χ2n) is 4.52. The quantitative estimate of drug-likeness (QED) is 0.790. The minimum Gasteiger partial charge on any atom is -0.356 e. The lowest BCUT2D eigenvalue weighted by Crippen LogP contribution is -2.36. The van der Waals surface area contributed by atoms with Crippen LogP contribution in [0.2, 0.25) is 5.02 Å². The van der Waals surface area contributed by atoms with Gasteiger partial charge >= 0.3 is 0 Å². The van der Waals surface area contributed by atoms with E-state index in [1.807, 2.05) is 23.1 Å². The molecule has 4 nitrogen and oxygen atoms in total. The molecule has 2 saturated heterocycles. The summed E-state index contributed by atoms with van der Waals surface area (Å²) in [6.45, 7) is 0. The van der Waals surface area contributed by atoms with E-state index in [2.05, 4.69) is 5.32 Å². The standard InChI is InChI=1S/C11H11ClN2O2S2/c12-7-3-1-2-4-9(7)14-10-6-18(15,16)5-8(10)13-11(14)17/h1-4,8,10H,5-6H2,(H,13,17)/t8-,10-/m1/s1. The molecule has 0 spiro atoms. The molecular weight excluding hydrogens is 292 g/mol. The van der Waals surface area contributed by atoms with Crippen LogP contribution < -0.4 is 10.2 Å². The summed E-state index contributed by atoms with van der Waals surface area (Å²) in [5.74, 6) is 0.259. The Kier molecular flexibility index (Phi) is 2.76. The smallest absolute Gasteiger partial charge is 0.174 e. The monoisotopic (exact) mass is 302 g/mol. The predicted molar refractivity (Wildman–Crippen MR) is 75.9 cm³/mol. The largest absolute Gasteiger partial charge is 0.356 e. The van der Waals surface area contributed by atoms with Gasteiger partial charge in [0.1, 0.15) is 0 Å². The molecule has 0 aliphatic carbocycles. The topological polar surface area (TPSA) is 49.4 Å². The van der Waals surface area contributed by atoms with Crippen LogP contribution in [0.4, 0.5) is 5.69 Å². The van der Waals surface area contributed by atoms with Gasteiger partial charge in [0.05, 0.1) is 34.3 Å². The Morgan fingerprint density at radius 2 is 2.06 bits per heavy atom. The van der Waals surface area contributed by atoms with Gasteiger partial charge in [0.2, 0.25) is 0 Å². The van der Waals surface area contributed by atoms with E-state index in [1.165, 1.54) is 0 Å². The highest BCUT2D eigenvalue weighted by molar-refractivity contribution is 7.91. The van der Waals surface area contributed by atoms with E-state index in [1.54, 1.807) is 6.07 Å². The van der Waals surface area contributed by atoms with E-state index in [4.69, 9.17) is 23.8 Å². The van der Waals surface area contributed by atoms with Gasteiger partial charge in [0, 0.05) is 0 Å². The van der Waals surface area contributed by atoms with E-state index in [-0.39, 0.29) is 23.6 Å². The lowest BCUT2D eigenvalue weighted by atomic mass is 10.1. The van der Waals surface area contributed by atoms with Crippen molar-refractivity contribution < 1.29 is 8.42 Å². The van der Waals surface area contributed by atoms with Crippen molar-refractivity contribution in [3.05, 3.63) is 29.3 Å². The van der Waals surface area contributed by atoms with Crippen LogP contribution in [-0.4, -0.2) is 37.1 Å². The summed E-state index contributed by atoms with van der Waals surface area (Å²) in [6.07, 6.45) is 0. The highest BCUT2D eigenvalue weighted by atomic mass is 35.5. The summed E-state index contributed by atoms with van der Waals surface area (Å²) in [6, 6.07) is 7.04. The van der Waals surface area contributed by atoms with Crippen molar-refractivity contribution >= 4 is 44.5 Å². The second kappa shape index (κ2) is 4.08. The van der Waals surface area contributed by atoms with Crippen LogP contribution in [0.25, 0.3) is 0 Å². The SMILES string of the molecule is O=S1(=O)C[C@@H]2[C@@H](C1)NC(=S)N2c1ccccc1Cl. The Labute approximate surface area is 116 Å². The Hall–Kier alpha value is -0.850. The molecule has 96 valence electrons. The van der Waals surface area contributed by atoms with Gasteiger partial charge < -0.3 is 10.2 Å². The molecule has 1 aromatic carbocycles. The molecule has 1 aromatic rings. The number of thiocarbonyl (C=S) groups is 1. The van der Waals surface area contributed by atoms with E-state index < -0.39 is 9.84 Å². The summed E-state index contributed by atoms with van der Waals surface area (Å²) < 4.78 is 23.3. The van der Waals surface area contributed by atoms with Crippen LogP contribution in [0.15, 0.2) is 24.3 Å². The summed E-state index contributed by atoms with van der Waals surface area (Å²) in [5, 5.41) is 4.19. The number of hydrogen-bond acceptors (Lipinski definition) is 3. The third-order valence-corrected chi connectivity index (χ3v) is 5.64. The predicted octanol–water partition coefficient (Wildman–Crippen LogP) is 1.20. The molecule has 7 heteroatoms. The van der Waals surface area contributed by atoms with E-state index in [9.17, 15) is 8.42 Å². The normalized spacial score (nSPS) is 29.2. The number of para-hydroxylation sites is 1. The zero-order chi connectivity index (χ0) is 12.9. The van der Waals surface area contributed by atoms with Gasteiger partial charge in [-0.25, -0.2) is 8.42 Å². The lowest BCUT2D eigenvalue weighted by Gasteiger charge is -2.24. The fraction of sp³-hybridized carbons (Fsp3) is 0.364. The van der Waals surface area contributed by atoms with Crippen molar-refractivity contribution in [1.29, 1.82) is 0 Å². The molecule has 0 unspecified atom stereocenters. The number of nitrogens with zero attached hydrogens (tertiary/aromatic N) is 1. The number of hydrogen-bond donors (Lipinski definition) is 1. The van der Waals surface area contributed by atoms with Gasteiger partial charge in [-0.15, -0.1) is 0 Å². The minimum atomic E-state index is -2.99. The van der Waals surface area contributed by atoms with Crippen LogP contribution in [0.3, 0.4) is 0 Å². The van der Waals surface area contributed by atoms with Gasteiger partial charge in [-0.3, -0.25) is 0 Å². The third kappa shape index (κ3) is 1.88. The lowest BCUT2D eigenvalue weighted by molar-refractivity contribution is 0.600. The number of fused-ring (bicyclic) bond motifs is 1. The Bertz CT molecular complexity index is 617. The molecule has 18 heavy (non-hydrogen) atoms. The average molecular weight is 303 g/mol. The van der Waals surface area contributed by atoms with Crippen molar-refractivity contribution in [2.24, 2.45) is 0 Å². The first-order valence-corrected chi connectivity index (χ1v) is 8.13. The van der Waals surface area contributed by atoms with E-state index >= 15 is 0 Å². The van der Waals surface area contributed by atoms with Gasteiger partial charge in [0.25, 0.3) is 0 Å². The van der Waals surface area contributed by atoms with Crippen molar-refractivity contribution in [2.45, 2.75) is 12.1 Å². The maximum Gasteiger partial charge on any atom is 0.174 e. The van der Waals surface area contributed by atoms with Crippen molar-refractivity contribution in [3.8, 4) is 0 Å². The molecule has 1 N–H and O–H groups in total. The maximum atomic E-state index is 11.7. The van der Waals surface area contributed by atoms with Gasteiger partial charge in [0.15, 0.2) is 14.9 Å². The average Bonchev–Trinajstić information content (AvgIpc) is 2.70. The van der Waals surface area contributed by atoms with Crippen LogP contribution in [-0.2, 0) is 9.84 Å². The molecule has 2 fully saturated rings. The first-order chi connectivity index (χ1) is 8.48. The Morgan fingerprint density at radius 3 is 2.78 bits per heavy atom. The number of rotatable bonds is 1. The van der Waals surface area contributed by atoms with Crippen molar-refractivity contribution in [3.63, 3.8) is 0 Å². The molecule has 0 aromatic heterocycles. The second-order valence-corrected chi connectivity index (χ2v) is 7.47. The highest BCUT2D eigenvalue weighted by Gasteiger charge is 2.47. The van der Waals surface area contributed by atoms with Crippen LogP contribution in [0.1, 0.15) is 0 Å². The molecule has 3 rings (SSSR count). The van der Waals surface area contributed by atoms with Crippen LogP contribution >= 0.6 is 23.8 Å². The molecule has 2 heterocycles. The molecule has 0 saturated carbocycles. The van der Waals surface area contributed by atoms with Gasteiger partial charge in [-0.05, 0) is 24.4 Å². The van der Waals surface area contributed by atoms with E-state index in [0.29, 0.717) is 10.1 Å². The molecule has 2 aliphatic rings. The van der Waals surface area contributed by atoms with Crippen LogP contribution in [0, 0.1) is 0 Å². The fourth-order valence-electron chi connectivity index (χ4n) is 2.54. The first-order valence-electron chi connectivity index (χ1n) is 5.53. The Morgan fingerprint density at radius 1 is 1.33 bits per heavy atom. The first kappa shape index (κ1) is 12.2. The summed E-state index contributed by atoms with van der Waals surface area (Å²) >= 11 is 11.4. The number of halogens is 1. The number of benzene rings is 1. The van der Waals surface area contributed by atoms with Crippen molar-refractivity contribution in [1.82, 2.24) is 5.32 Å². The summed E-state index contributed by atoms with van der Waals surface area (Å²) in [4.78, 5) is 1.83. The van der Waals surface area contributed by atoms with Crippen LogP contribution in [0.5, 0.6) is 0 Å². The van der Waals surface area contributed by atoms with E-state index in [0.717, 1.165) is 5.69 Å². The minimum absolute atomic E-state index is 0.121.